The van der Waals surface area contributed by atoms with E-state index in [9.17, 15) is 4.79 Å². The third kappa shape index (κ3) is 1.77. The van der Waals surface area contributed by atoms with Gasteiger partial charge in [0.05, 0.1) is 6.04 Å². The van der Waals surface area contributed by atoms with Crippen molar-refractivity contribution in [1.82, 2.24) is 10.2 Å². The average Bonchev–Trinajstić information content (AvgIpc) is 2.62. The molecule has 3 atom stereocenters. The highest BCUT2D eigenvalue weighted by Crippen LogP contribution is 2.27. The molecule has 0 aromatic rings. The van der Waals surface area contributed by atoms with E-state index in [0.29, 0.717) is 0 Å². The van der Waals surface area contributed by atoms with Gasteiger partial charge in [0.15, 0.2) is 0 Å². The number of nitrogens with two attached hydrogens (primary N) is 1. The van der Waals surface area contributed by atoms with Crippen molar-refractivity contribution >= 4 is 5.91 Å². The molecular weight excluding hydrogens is 178 g/mol. The van der Waals surface area contributed by atoms with E-state index < -0.39 is 0 Å². The standard InChI is InChI=1S/C10H19N3O/c1-7(10(11)14)13-3-2-8-4-12-5-9(8)6-13/h7-9,12H,2-6H2,1H3,(H2,11,14). The topological polar surface area (TPSA) is 58.4 Å². The van der Waals surface area contributed by atoms with Crippen LogP contribution in [0.25, 0.3) is 0 Å². The molecule has 2 heterocycles. The minimum atomic E-state index is -0.200. The average molecular weight is 197 g/mol. The van der Waals surface area contributed by atoms with Gasteiger partial charge in [0.1, 0.15) is 0 Å². The van der Waals surface area contributed by atoms with E-state index in [1.54, 1.807) is 0 Å². The molecule has 1 amide bonds. The van der Waals surface area contributed by atoms with Gasteiger partial charge in [0.2, 0.25) is 5.91 Å². The molecule has 2 aliphatic rings. The minimum absolute atomic E-state index is 0.100. The van der Waals surface area contributed by atoms with Gasteiger partial charge in [-0.25, -0.2) is 0 Å². The second-order valence-electron chi connectivity index (χ2n) is 4.54. The van der Waals surface area contributed by atoms with Crippen LogP contribution in [-0.4, -0.2) is 43.0 Å². The lowest BCUT2D eigenvalue weighted by Gasteiger charge is -2.36. The summed E-state index contributed by atoms with van der Waals surface area (Å²) in [5, 5.41) is 3.41. The van der Waals surface area contributed by atoms with Crippen molar-refractivity contribution in [2.24, 2.45) is 17.6 Å². The zero-order chi connectivity index (χ0) is 10.1. The van der Waals surface area contributed by atoms with Crippen LogP contribution in [0.1, 0.15) is 13.3 Å². The molecule has 3 N–H and O–H groups in total. The summed E-state index contributed by atoms with van der Waals surface area (Å²) < 4.78 is 0. The van der Waals surface area contributed by atoms with Gasteiger partial charge in [-0.3, -0.25) is 9.69 Å². The van der Waals surface area contributed by atoms with Gasteiger partial charge in [-0.1, -0.05) is 0 Å². The first-order chi connectivity index (χ1) is 6.68. The number of piperidine rings is 1. The van der Waals surface area contributed by atoms with Gasteiger partial charge in [0, 0.05) is 6.54 Å². The molecule has 0 saturated carbocycles. The van der Waals surface area contributed by atoms with Crippen LogP contribution in [0.4, 0.5) is 0 Å². The first-order valence-electron chi connectivity index (χ1n) is 5.42. The van der Waals surface area contributed by atoms with E-state index in [0.717, 1.165) is 38.0 Å². The number of primary amides is 1. The Bertz CT molecular complexity index is 231. The van der Waals surface area contributed by atoms with Gasteiger partial charge in [-0.15, -0.1) is 0 Å². The van der Waals surface area contributed by atoms with Crippen LogP contribution in [0.2, 0.25) is 0 Å². The highest BCUT2D eigenvalue weighted by molar-refractivity contribution is 5.79. The summed E-state index contributed by atoms with van der Waals surface area (Å²) in [5.74, 6) is 1.35. The van der Waals surface area contributed by atoms with Gasteiger partial charge in [-0.2, -0.15) is 0 Å². The Labute approximate surface area is 84.8 Å². The fourth-order valence-electron chi connectivity index (χ4n) is 2.59. The lowest BCUT2D eigenvalue weighted by atomic mass is 9.88. The van der Waals surface area contributed by atoms with E-state index in [2.05, 4.69) is 10.2 Å². The maximum atomic E-state index is 11.1. The molecular formula is C10H19N3O. The number of hydrogen-bond donors (Lipinski definition) is 2. The zero-order valence-corrected chi connectivity index (χ0v) is 8.70. The molecule has 4 nitrogen and oxygen atoms in total. The lowest BCUT2D eigenvalue weighted by molar-refractivity contribution is -0.123. The van der Waals surface area contributed by atoms with Gasteiger partial charge >= 0.3 is 0 Å². The third-order valence-electron chi connectivity index (χ3n) is 3.70. The lowest BCUT2D eigenvalue weighted by Crippen LogP contribution is -2.49. The van der Waals surface area contributed by atoms with Gasteiger partial charge in [-0.05, 0) is 44.8 Å². The van der Waals surface area contributed by atoms with Crippen molar-refractivity contribution in [3.05, 3.63) is 0 Å². The number of hydrogen-bond acceptors (Lipinski definition) is 3. The Balaban J connectivity index is 1.94. The summed E-state index contributed by atoms with van der Waals surface area (Å²) in [7, 11) is 0. The molecule has 4 heteroatoms. The maximum Gasteiger partial charge on any atom is 0.234 e. The van der Waals surface area contributed by atoms with Crippen molar-refractivity contribution in [2.45, 2.75) is 19.4 Å². The van der Waals surface area contributed by atoms with Crippen LogP contribution in [0, 0.1) is 11.8 Å². The molecule has 0 spiro atoms. The van der Waals surface area contributed by atoms with Gasteiger partial charge in [0.25, 0.3) is 0 Å². The number of fused-ring (bicyclic) bond motifs is 1. The molecule has 2 saturated heterocycles. The van der Waals surface area contributed by atoms with Crippen LogP contribution in [0.5, 0.6) is 0 Å². The summed E-state index contributed by atoms with van der Waals surface area (Å²) in [6, 6.07) is -0.100. The Morgan fingerprint density at radius 3 is 2.93 bits per heavy atom. The third-order valence-corrected chi connectivity index (χ3v) is 3.70. The van der Waals surface area contributed by atoms with E-state index in [4.69, 9.17) is 5.73 Å². The predicted octanol–water partition coefficient (Wildman–Crippen LogP) is -0.598. The molecule has 80 valence electrons. The number of nitrogens with zero attached hydrogens (tertiary/aromatic N) is 1. The number of nitrogens with one attached hydrogen (secondary N) is 1. The Kier molecular flexibility index (Phi) is 2.74. The SMILES string of the molecule is CC(C(N)=O)N1CCC2CNCC2C1. The maximum absolute atomic E-state index is 11.1. The van der Waals surface area contributed by atoms with Crippen molar-refractivity contribution in [3.63, 3.8) is 0 Å². The van der Waals surface area contributed by atoms with Crippen LogP contribution in [0.15, 0.2) is 0 Å². The Morgan fingerprint density at radius 1 is 1.50 bits per heavy atom. The number of carbonyl (C=O) groups is 1. The van der Waals surface area contributed by atoms with E-state index >= 15 is 0 Å². The number of likely N-dealkylation sites (tertiary alicyclic amines) is 1. The molecule has 0 aromatic carbocycles. The van der Waals surface area contributed by atoms with Crippen molar-refractivity contribution in [1.29, 1.82) is 0 Å². The monoisotopic (exact) mass is 197 g/mol. The molecule has 14 heavy (non-hydrogen) atoms. The minimum Gasteiger partial charge on any atom is -0.368 e. The molecule has 0 bridgehead atoms. The van der Waals surface area contributed by atoms with Gasteiger partial charge < -0.3 is 11.1 Å². The molecule has 0 aromatic heterocycles. The smallest absolute Gasteiger partial charge is 0.234 e. The fraction of sp³-hybridized carbons (Fsp3) is 0.900. The molecule has 0 aliphatic carbocycles. The zero-order valence-electron chi connectivity index (χ0n) is 8.70. The molecule has 2 aliphatic heterocycles. The van der Waals surface area contributed by atoms with Crippen molar-refractivity contribution in [3.8, 4) is 0 Å². The summed E-state index contributed by atoms with van der Waals surface area (Å²) in [6.07, 6.45) is 1.20. The Hall–Kier alpha value is -0.610. The molecule has 2 fully saturated rings. The van der Waals surface area contributed by atoms with Crippen LogP contribution in [0.3, 0.4) is 0 Å². The first-order valence-corrected chi connectivity index (χ1v) is 5.42. The molecule has 3 unspecified atom stereocenters. The van der Waals surface area contributed by atoms with Crippen molar-refractivity contribution < 1.29 is 4.79 Å². The molecule has 0 radical (unpaired) electrons. The van der Waals surface area contributed by atoms with Crippen LogP contribution >= 0.6 is 0 Å². The highest BCUT2D eigenvalue weighted by Gasteiger charge is 2.35. The fourth-order valence-corrected chi connectivity index (χ4v) is 2.59. The second-order valence-corrected chi connectivity index (χ2v) is 4.54. The molecule has 2 rings (SSSR count). The summed E-state index contributed by atoms with van der Waals surface area (Å²) in [6.45, 7) is 6.22. The van der Waals surface area contributed by atoms with E-state index in [1.807, 2.05) is 6.92 Å². The van der Waals surface area contributed by atoms with Crippen molar-refractivity contribution in [2.75, 3.05) is 26.2 Å². The van der Waals surface area contributed by atoms with E-state index in [1.165, 1.54) is 6.42 Å². The number of carbonyl (C=O) groups excluding carboxylic acids is 1. The largest absolute Gasteiger partial charge is 0.368 e. The Morgan fingerprint density at radius 2 is 2.21 bits per heavy atom. The van der Waals surface area contributed by atoms with Crippen LogP contribution in [-0.2, 0) is 4.79 Å². The summed E-state index contributed by atoms with van der Waals surface area (Å²) >= 11 is 0. The second kappa shape index (κ2) is 3.87. The number of rotatable bonds is 2. The quantitative estimate of drug-likeness (QED) is 0.621. The normalized spacial score (nSPS) is 35.2. The highest BCUT2D eigenvalue weighted by atomic mass is 16.1. The van der Waals surface area contributed by atoms with Crippen LogP contribution < -0.4 is 11.1 Å². The van der Waals surface area contributed by atoms with E-state index in [-0.39, 0.29) is 11.9 Å². The summed E-state index contributed by atoms with van der Waals surface area (Å²) in [5.41, 5.74) is 5.31. The first kappa shape index (κ1) is 9.93. The summed E-state index contributed by atoms with van der Waals surface area (Å²) in [4.78, 5) is 13.3. The number of amides is 1. The predicted molar refractivity (Wildman–Crippen MR) is 54.7 cm³/mol.